The SMILES string of the molecule is CC[C@H]1O[C@]2(O)O[C@H]([C@@H](C)C3O[C@@](C)(C[C@@H]3C)[C@H](O[C@@H]3O[C@H](C)CC(N(C)S(C)(=O)=O)C3O)[C@@H](C)[C@H](O[C@H]3CC(C)(OC)[C@@H](O)C(C)O3)[C@H]2C)[C@]1(C)O. The number of ether oxygens (including phenoxy) is 8. The van der Waals surface area contributed by atoms with Gasteiger partial charge in [0.25, 0.3) is 5.97 Å². The summed E-state index contributed by atoms with van der Waals surface area (Å²) in [7, 11) is -0.717. The average Bonchev–Trinajstić information content (AvgIpc) is 3.39. The number of likely N-dealkylation sites (N-methyl/N-ethyl adjacent to an activating group) is 1. The Labute approximate surface area is 315 Å². The van der Waals surface area contributed by atoms with E-state index >= 15 is 0 Å². The predicted octanol–water partition coefficient (Wildman–Crippen LogP) is 2.11. The Kier molecular flexibility index (Phi) is 12.6. The zero-order valence-corrected chi connectivity index (χ0v) is 34.6. The maximum Gasteiger partial charge on any atom is 0.286 e. The van der Waals surface area contributed by atoms with Crippen molar-refractivity contribution >= 4 is 10.0 Å². The zero-order chi connectivity index (χ0) is 39.8. The smallest absolute Gasteiger partial charge is 0.286 e. The second kappa shape index (κ2) is 15.3. The molecule has 0 saturated carbocycles. The minimum Gasteiger partial charge on any atom is -0.387 e. The average molecular weight is 782 g/mol. The van der Waals surface area contributed by atoms with Gasteiger partial charge in [-0.25, -0.2) is 8.42 Å². The van der Waals surface area contributed by atoms with E-state index in [-0.39, 0.29) is 18.8 Å². The largest absolute Gasteiger partial charge is 0.387 e. The summed E-state index contributed by atoms with van der Waals surface area (Å²) in [5.74, 6) is -4.34. The first kappa shape index (κ1) is 43.6. The second-order valence-electron chi connectivity index (χ2n) is 17.5. The molecule has 5 aliphatic rings. The molecule has 5 rings (SSSR count). The molecule has 5 aliphatic heterocycles. The molecule has 0 aromatic carbocycles. The molecule has 20 atom stereocenters. The fourth-order valence-corrected chi connectivity index (χ4v) is 10.7. The first-order valence-electron chi connectivity index (χ1n) is 19.3. The highest BCUT2D eigenvalue weighted by Gasteiger charge is 2.64. The van der Waals surface area contributed by atoms with Gasteiger partial charge in [0.1, 0.15) is 17.8 Å². The highest BCUT2D eigenvalue weighted by Crippen LogP contribution is 2.52. The Hall–Kier alpha value is -0.570. The van der Waals surface area contributed by atoms with Gasteiger partial charge in [-0.15, -0.1) is 0 Å². The number of aliphatic hydroxyl groups excluding tert-OH is 2. The van der Waals surface area contributed by atoms with Crippen LogP contribution in [0.25, 0.3) is 0 Å². The Balaban J connectivity index is 1.63. The monoisotopic (exact) mass is 781 g/mol. The maximum atomic E-state index is 12.6. The number of fused-ring (bicyclic) bond motifs is 4. The van der Waals surface area contributed by atoms with E-state index in [4.69, 9.17) is 37.9 Å². The molecule has 5 unspecified atom stereocenters. The molecule has 5 fully saturated rings. The number of hydrogen-bond acceptors (Lipinski definition) is 14. The van der Waals surface area contributed by atoms with Crippen molar-refractivity contribution in [3.63, 3.8) is 0 Å². The van der Waals surface area contributed by atoms with Gasteiger partial charge in [0, 0.05) is 32.4 Å². The fraction of sp³-hybridized carbons (Fsp3) is 1.00. The number of hydrogen-bond donors (Lipinski definition) is 4. The molecule has 0 aromatic heterocycles. The van der Waals surface area contributed by atoms with Crippen LogP contribution in [0.15, 0.2) is 0 Å². The molecule has 0 radical (unpaired) electrons. The molecule has 310 valence electrons. The molecule has 0 spiro atoms. The van der Waals surface area contributed by atoms with Gasteiger partial charge in [0.15, 0.2) is 12.6 Å². The Morgan fingerprint density at radius 2 is 1.55 bits per heavy atom. The molecule has 4 bridgehead atoms. The lowest BCUT2D eigenvalue weighted by Crippen LogP contribution is -2.69. The third-order valence-electron chi connectivity index (χ3n) is 13.2. The summed E-state index contributed by atoms with van der Waals surface area (Å²) < 4.78 is 78.3. The summed E-state index contributed by atoms with van der Waals surface area (Å²) >= 11 is 0. The third kappa shape index (κ3) is 7.99. The molecule has 0 aliphatic carbocycles. The lowest BCUT2D eigenvalue weighted by molar-refractivity contribution is -0.481. The second-order valence-corrected chi connectivity index (χ2v) is 19.5. The van der Waals surface area contributed by atoms with Crippen molar-refractivity contribution in [2.45, 2.75) is 191 Å². The van der Waals surface area contributed by atoms with E-state index in [9.17, 15) is 28.8 Å². The van der Waals surface area contributed by atoms with E-state index in [1.54, 1.807) is 34.6 Å². The molecule has 15 nitrogen and oxygen atoms in total. The quantitative estimate of drug-likeness (QED) is 0.280. The van der Waals surface area contributed by atoms with Crippen LogP contribution in [0.1, 0.15) is 94.9 Å². The Bertz CT molecular complexity index is 1390. The van der Waals surface area contributed by atoms with Crippen LogP contribution in [0.4, 0.5) is 0 Å². The minimum absolute atomic E-state index is 0.0633. The first-order chi connectivity index (χ1) is 24.3. The highest BCUT2D eigenvalue weighted by atomic mass is 32.2. The standard InChI is InChI=1S/C37H67NO14S/c1-14-25-36(10,41)32-20(4)28-18(2)16-35(9,51-28)31(49-33-27(39)24(15-19(3)46-33)38(11)53(13,43)44)21(5)29(22(6)37(42,50-25)52-32)48-26-17-34(8,45-12)30(40)23(7)47-26/h18-33,39-42H,14-17H2,1-13H3/t18-,19+,20-,21-,22+,23?,24?,25+,26-,27?,28?,29-,30-,31+,32+,33-,34?,35-,36+,37-/m0/s1. The van der Waals surface area contributed by atoms with E-state index in [2.05, 4.69) is 6.92 Å². The molecule has 0 aromatic rings. The topological polar surface area (TPSA) is 192 Å². The van der Waals surface area contributed by atoms with Gasteiger partial charge in [-0.3, -0.25) is 0 Å². The highest BCUT2D eigenvalue weighted by molar-refractivity contribution is 7.88. The van der Waals surface area contributed by atoms with Gasteiger partial charge in [-0.1, -0.05) is 34.6 Å². The normalized spacial score (nSPS) is 54.1. The fourth-order valence-electron chi connectivity index (χ4n) is 9.96. The summed E-state index contributed by atoms with van der Waals surface area (Å²) in [6.07, 6.45) is -7.22. The minimum atomic E-state index is -3.67. The van der Waals surface area contributed by atoms with E-state index in [0.717, 1.165) is 10.6 Å². The molecule has 53 heavy (non-hydrogen) atoms. The van der Waals surface area contributed by atoms with Crippen LogP contribution in [-0.2, 0) is 47.9 Å². The molecular weight excluding hydrogens is 714 g/mol. The van der Waals surface area contributed by atoms with Crippen molar-refractivity contribution in [1.82, 2.24) is 4.31 Å². The van der Waals surface area contributed by atoms with Gasteiger partial charge >= 0.3 is 0 Å². The molecule has 5 saturated heterocycles. The molecular formula is C37H67NO14S. The number of methoxy groups -OCH3 is 1. The summed E-state index contributed by atoms with van der Waals surface area (Å²) in [5.41, 5.74) is -3.54. The van der Waals surface area contributed by atoms with Crippen molar-refractivity contribution < 1.29 is 66.7 Å². The summed E-state index contributed by atoms with van der Waals surface area (Å²) in [4.78, 5) is 0. The molecule has 0 amide bonds. The van der Waals surface area contributed by atoms with Crippen LogP contribution in [0, 0.1) is 23.7 Å². The van der Waals surface area contributed by atoms with Crippen molar-refractivity contribution in [2.75, 3.05) is 20.4 Å². The van der Waals surface area contributed by atoms with Crippen LogP contribution in [0.3, 0.4) is 0 Å². The third-order valence-corrected chi connectivity index (χ3v) is 14.5. The zero-order valence-electron chi connectivity index (χ0n) is 33.8. The van der Waals surface area contributed by atoms with Gasteiger partial charge in [-0.05, 0) is 59.8 Å². The van der Waals surface area contributed by atoms with Crippen molar-refractivity contribution in [3.05, 3.63) is 0 Å². The van der Waals surface area contributed by atoms with Crippen LogP contribution in [0.2, 0.25) is 0 Å². The predicted molar refractivity (Wildman–Crippen MR) is 192 cm³/mol. The van der Waals surface area contributed by atoms with Gasteiger partial charge in [0.05, 0.1) is 72.1 Å². The van der Waals surface area contributed by atoms with Gasteiger partial charge in [0.2, 0.25) is 10.0 Å². The van der Waals surface area contributed by atoms with Crippen LogP contribution < -0.4 is 0 Å². The summed E-state index contributed by atoms with van der Waals surface area (Å²) in [6.45, 7) is 18.4. The van der Waals surface area contributed by atoms with Gasteiger partial charge in [-0.2, -0.15) is 4.31 Å². The van der Waals surface area contributed by atoms with E-state index < -0.39 is 124 Å². The number of sulfonamides is 1. The van der Waals surface area contributed by atoms with Crippen LogP contribution in [0.5, 0.6) is 0 Å². The van der Waals surface area contributed by atoms with Gasteiger partial charge < -0.3 is 58.3 Å². The van der Waals surface area contributed by atoms with Crippen molar-refractivity contribution in [3.8, 4) is 0 Å². The molecule has 16 heteroatoms. The van der Waals surface area contributed by atoms with Crippen LogP contribution in [-0.4, -0.2) is 150 Å². The Morgan fingerprint density at radius 3 is 2.13 bits per heavy atom. The number of aliphatic hydroxyl groups is 4. The van der Waals surface area contributed by atoms with Crippen LogP contribution >= 0.6 is 0 Å². The van der Waals surface area contributed by atoms with E-state index in [1.807, 2.05) is 27.7 Å². The van der Waals surface area contributed by atoms with Crippen molar-refractivity contribution in [1.29, 1.82) is 0 Å². The summed E-state index contributed by atoms with van der Waals surface area (Å²) in [5, 5.41) is 47.2. The number of rotatable bonds is 8. The van der Waals surface area contributed by atoms with Crippen molar-refractivity contribution in [2.24, 2.45) is 23.7 Å². The molecule has 5 heterocycles. The van der Waals surface area contributed by atoms with E-state index in [1.165, 1.54) is 14.2 Å². The lowest BCUT2D eigenvalue weighted by Gasteiger charge is -2.55. The lowest BCUT2D eigenvalue weighted by atomic mass is 9.74. The number of nitrogens with zero attached hydrogens (tertiary/aromatic N) is 1. The molecule has 4 N–H and O–H groups in total. The van der Waals surface area contributed by atoms with E-state index in [0.29, 0.717) is 12.8 Å². The summed E-state index contributed by atoms with van der Waals surface area (Å²) in [6, 6.07) is -0.822. The maximum absolute atomic E-state index is 12.6. The Morgan fingerprint density at radius 1 is 0.906 bits per heavy atom. The first-order valence-corrected chi connectivity index (χ1v) is 21.1.